The maximum Gasteiger partial charge on any atom is 0.163 e. The Morgan fingerprint density at radius 1 is 1.25 bits per heavy atom. The van der Waals surface area contributed by atoms with E-state index in [1.165, 1.54) is 12.8 Å². The van der Waals surface area contributed by atoms with Gasteiger partial charge in [-0.1, -0.05) is 0 Å². The van der Waals surface area contributed by atoms with Gasteiger partial charge in [0.25, 0.3) is 0 Å². The van der Waals surface area contributed by atoms with Crippen LogP contribution in [0.1, 0.15) is 33.6 Å². The molecule has 0 amide bonds. The van der Waals surface area contributed by atoms with E-state index in [0.29, 0.717) is 6.04 Å². The van der Waals surface area contributed by atoms with Crippen LogP contribution in [0, 0.1) is 0 Å². The van der Waals surface area contributed by atoms with Crippen LogP contribution in [0.15, 0.2) is 12.5 Å². The van der Waals surface area contributed by atoms with Crippen molar-refractivity contribution in [3.63, 3.8) is 0 Å². The first-order valence-electron chi connectivity index (χ1n) is 8.80. The highest BCUT2D eigenvalue weighted by Gasteiger charge is 2.37. The molecule has 7 heteroatoms. The Kier molecular flexibility index (Phi) is 3.73. The van der Waals surface area contributed by atoms with E-state index in [9.17, 15) is 5.11 Å². The second kappa shape index (κ2) is 5.67. The average Bonchev–Trinajstić information content (AvgIpc) is 3.18. The smallest absolute Gasteiger partial charge is 0.163 e. The van der Waals surface area contributed by atoms with E-state index in [1.54, 1.807) is 6.33 Å². The van der Waals surface area contributed by atoms with Gasteiger partial charge in [0.15, 0.2) is 5.65 Å². The fraction of sp³-hybridized carbons (Fsp3) is 0.706. The number of rotatable bonds is 2. The van der Waals surface area contributed by atoms with E-state index in [4.69, 9.17) is 0 Å². The third-order valence-electron chi connectivity index (χ3n) is 5.26. The van der Waals surface area contributed by atoms with Crippen molar-refractivity contribution in [2.24, 2.45) is 0 Å². The van der Waals surface area contributed by atoms with Crippen molar-refractivity contribution in [2.45, 2.75) is 51.2 Å². The summed E-state index contributed by atoms with van der Waals surface area (Å²) >= 11 is 0. The molecule has 4 heterocycles. The molecule has 2 aliphatic heterocycles. The molecule has 0 saturated carbocycles. The first-order chi connectivity index (χ1) is 11.5. The summed E-state index contributed by atoms with van der Waals surface area (Å²) in [5, 5.41) is 15.4. The fourth-order valence-corrected chi connectivity index (χ4v) is 4.05. The van der Waals surface area contributed by atoms with E-state index < -0.39 is 0 Å². The molecule has 2 aromatic rings. The lowest BCUT2D eigenvalue weighted by Gasteiger charge is -2.43. The molecule has 0 aromatic carbocycles. The maximum absolute atomic E-state index is 9.92. The lowest BCUT2D eigenvalue weighted by atomic mass is 10.1. The molecule has 0 unspecified atom stereocenters. The number of hydrogen-bond donors (Lipinski definition) is 1. The normalized spacial score (nSPS) is 25.4. The number of piperazine rings is 1. The van der Waals surface area contributed by atoms with Gasteiger partial charge in [0.1, 0.15) is 12.1 Å². The van der Waals surface area contributed by atoms with Crippen molar-refractivity contribution in [3.05, 3.63) is 12.5 Å². The number of aromatic nitrogens is 4. The highest BCUT2D eigenvalue weighted by atomic mass is 16.3. The molecule has 0 radical (unpaired) electrons. The van der Waals surface area contributed by atoms with Crippen LogP contribution < -0.4 is 4.90 Å². The van der Waals surface area contributed by atoms with Gasteiger partial charge < -0.3 is 10.0 Å². The largest absolute Gasteiger partial charge is 0.394 e. The van der Waals surface area contributed by atoms with Crippen molar-refractivity contribution in [2.75, 3.05) is 31.1 Å². The van der Waals surface area contributed by atoms with Gasteiger partial charge in [0.2, 0.25) is 0 Å². The van der Waals surface area contributed by atoms with Crippen LogP contribution in [-0.4, -0.2) is 68.1 Å². The van der Waals surface area contributed by atoms with Gasteiger partial charge in [-0.25, -0.2) is 14.6 Å². The lowest BCUT2D eigenvalue weighted by molar-refractivity contribution is 0.152. The molecule has 130 valence electrons. The van der Waals surface area contributed by atoms with Crippen LogP contribution in [0.4, 0.5) is 5.82 Å². The first-order valence-corrected chi connectivity index (χ1v) is 8.80. The minimum atomic E-state index is -0.131. The monoisotopic (exact) mass is 330 g/mol. The van der Waals surface area contributed by atoms with Gasteiger partial charge in [0, 0.05) is 19.1 Å². The zero-order valence-electron chi connectivity index (χ0n) is 14.7. The Bertz CT molecular complexity index is 736. The Morgan fingerprint density at radius 2 is 2.08 bits per heavy atom. The van der Waals surface area contributed by atoms with Gasteiger partial charge in [0.05, 0.1) is 29.8 Å². The first kappa shape index (κ1) is 15.8. The number of hydrogen-bond acceptors (Lipinski definition) is 6. The molecule has 24 heavy (non-hydrogen) atoms. The Morgan fingerprint density at radius 3 is 2.83 bits per heavy atom. The quantitative estimate of drug-likeness (QED) is 0.893. The summed E-state index contributed by atoms with van der Waals surface area (Å²) < 4.78 is 1.95. The maximum atomic E-state index is 9.92. The molecule has 4 rings (SSSR count). The van der Waals surface area contributed by atoms with Crippen molar-refractivity contribution in [1.82, 2.24) is 24.6 Å². The topological polar surface area (TPSA) is 70.3 Å². The number of aliphatic hydroxyl groups excluding tert-OH is 1. The lowest BCUT2D eigenvalue weighted by Crippen LogP contribution is -2.57. The number of nitrogens with zero attached hydrogens (tertiary/aromatic N) is 6. The second-order valence-electron chi connectivity index (χ2n) is 7.94. The second-order valence-corrected chi connectivity index (χ2v) is 7.94. The summed E-state index contributed by atoms with van der Waals surface area (Å²) in [5.41, 5.74) is 0.728. The predicted octanol–water partition coefficient (Wildman–Crippen LogP) is 1.23. The molecular weight excluding hydrogens is 304 g/mol. The molecule has 2 fully saturated rings. The molecule has 1 N–H and O–H groups in total. The number of fused-ring (bicyclic) bond motifs is 2. The Balaban J connectivity index is 1.76. The van der Waals surface area contributed by atoms with Crippen LogP contribution in [0.5, 0.6) is 0 Å². The molecule has 0 spiro atoms. The van der Waals surface area contributed by atoms with E-state index in [-0.39, 0.29) is 18.2 Å². The van der Waals surface area contributed by atoms with E-state index in [1.807, 2.05) is 10.9 Å². The Hall–Kier alpha value is -1.73. The Labute approximate surface area is 142 Å². The molecule has 0 bridgehead atoms. The summed E-state index contributed by atoms with van der Waals surface area (Å²) in [6.45, 7) is 9.47. The number of anilines is 1. The van der Waals surface area contributed by atoms with Gasteiger partial charge in [-0.3, -0.25) is 4.90 Å². The highest BCUT2D eigenvalue weighted by molar-refractivity contribution is 5.87. The summed E-state index contributed by atoms with van der Waals surface area (Å²) in [6.07, 6.45) is 5.96. The van der Waals surface area contributed by atoms with Crippen molar-refractivity contribution >= 4 is 16.9 Å². The molecule has 7 nitrogen and oxygen atoms in total. The van der Waals surface area contributed by atoms with E-state index in [2.05, 4.69) is 45.6 Å². The summed E-state index contributed by atoms with van der Waals surface area (Å²) in [5.74, 6) is 0.904. The van der Waals surface area contributed by atoms with Crippen LogP contribution >= 0.6 is 0 Å². The third kappa shape index (κ3) is 2.46. The zero-order chi connectivity index (χ0) is 16.9. The minimum absolute atomic E-state index is 0.0791. The minimum Gasteiger partial charge on any atom is -0.394 e. The SMILES string of the molecule is CC(C)(C)n1ncc2c(N3C[C@@H]4CCCN4C[C@@H]3CO)ncnc21. The molecule has 2 saturated heterocycles. The fourth-order valence-electron chi connectivity index (χ4n) is 4.05. The predicted molar refractivity (Wildman–Crippen MR) is 93.1 cm³/mol. The molecule has 2 aliphatic rings. The highest BCUT2D eigenvalue weighted by Crippen LogP contribution is 2.32. The zero-order valence-corrected chi connectivity index (χ0v) is 14.7. The third-order valence-corrected chi connectivity index (χ3v) is 5.26. The average molecular weight is 330 g/mol. The molecular formula is C17H26N6O. The van der Waals surface area contributed by atoms with Crippen LogP contribution in [-0.2, 0) is 5.54 Å². The van der Waals surface area contributed by atoms with Crippen molar-refractivity contribution < 1.29 is 5.11 Å². The standard InChI is InChI=1S/C17H26N6O/c1-17(2,3)23-16-14(7-20-23)15(18-11-19-16)22-9-12-5-4-6-21(12)8-13(22)10-24/h7,11-13,24H,4-6,8-10H2,1-3H3/t12-,13+/m0/s1. The van der Waals surface area contributed by atoms with Crippen molar-refractivity contribution in [3.8, 4) is 0 Å². The van der Waals surface area contributed by atoms with E-state index in [0.717, 1.165) is 36.5 Å². The summed E-state index contributed by atoms with van der Waals surface area (Å²) in [7, 11) is 0. The molecule has 2 atom stereocenters. The number of aliphatic hydroxyl groups is 1. The van der Waals surface area contributed by atoms with Crippen molar-refractivity contribution in [1.29, 1.82) is 0 Å². The van der Waals surface area contributed by atoms with Gasteiger partial charge in [-0.05, 0) is 40.2 Å². The molecule has 0 aliphatic carbocycles. The summed E-state index contributed by atoms with van der Waals surface area (Å²) in [4.78, 5) is 13.8. The van der Waals surface area contributed by atoms with Gasteiger partial charge in [-0.2, -0.15) is 5.10 Å². The van der Waals surface area contributed by atoms with Gasteiger partial charge >= 0.3 is 0 Å². The van der Waals surface area contributed by atoms with Crippen LogP contribution in [0.3, 0.4) is 0 Å². The molecule has 2 aromatic heterocycles. The van der Waals surface area contributed by atoms with Crippen LogP contribution in [0.25, 0.3) is 11.0 Å². The van der Waals surface area contributed by atoms with Crippen LogP contribution in [0.2, 0.25) is 0 Å². The van der Waals surface area contributed by atoms with E-state index >= 15 is 0 Å². The van der Waals surface area contributed by atoms with Gasteiger partial charge in [-0.15, -0.1) is 0 Å². The summed E-state index contributed by atoms with van der Waals surface area (Å²) in [6, 6.07) is 0.644.